The van der Waals surface area contributed by atoms with Gasteiger partial charge in [-0.15, -0.1) is 6.58 Å². The van der Waals surface area contributed by atoms with Crippen molar-refractivity contribution in [3.8, 4) is 0 Å². The molecule has 0 aliphatic heterocycles. The van der Waals surface area contributed by atoms with Crippen LogP contribution in [0, 0.1) is 0 Å². The third-order valence-corrected chi connectivity index (χ3v) is 1.91. The Morgan fingerprint density at radius 2 is 1.31 bits per heavy atom. The number of hydrogen-bond donors (Lipinski definition) is 0. The summed E-state index contributed by atoms with van der Waals surface area (Å²) < 4.78 is 0. The Kier molecular flexibility index (Phi) is 16.7. The van der Waals surface area contributed by atoms with Crippen LogP contribution in [0.15, 0.2) is 12.2 Å². The summed E-state index contributed by atoms with van der Waals surface area (Å²) in [6.45, 7) is 12.6. The highest BCUT2D eigenvalue weighted by Crippen LogP contribution is 2.04. The molecule has 0 amide bonds. The predicted molar refractivity (Wildman–Crippen MR) is 64.2 cm³/mol. The highest BCUT2D eigenvalue weighted by atomic mass is 13.9. The van der Waals surface area contributed by atoms with Gasteiger partial charge in [0.05, 0.1) is 0 Å². The molecule has 0 spiro atoms. The van der Waals surface area contributed by atoms with E-state index in [-0.39, 0.29) is 0 Å². The largest absolute Gasteiger partial charge is 0.100 e. The Bertz CT molecular complexity index is 90.2. The van der Waals surface area contributed by atoms with Crippen LogP contribution in [-0.4, -0.2) is 0 Å². The molecule has 13 heavy (non-hydrogen) atoms. The van der Waals surface area contributed by atoms with Crippen molar-refractivity contribution < 1.29 is 0 Å². The van der Waals surface area contributed by atoms with Crippen LogP contribution in [0.2, 0.25) is 0 Å². The van der Waals surface area contributed by atoms with Crippen molar-refractivity contribution in [1.82, 2.24) is 0 Å². The Labute approximate surface area is 85.4 Å². The molecule has 0 heteroatoms. The van der Waals surface area contributed by atoms with Gasteiger partial charge in [-0.2, -0.15) is 0 Å². The smallest absolute Gasteiger partial charge is 0.0326 e. The molecule has 80 valence electrons. The first kappa shape index (κ1) is 15.2. The first-order chi connectivity index (χ1) is 6.18. The molecule has 0 unspecified atom stereocenters. The molecule has 0 aliphatic carbocycles. The van der Waals surface area contributed by atoms with E-state index in [0.29, 0.717) is 0 Å². The van der Waals surface area contributed by atoms with Crippen LogP contribution in [0.25, 0.3) is 0 Å². The minimum atomic E-state index is 1.22. The quantitative estimate of drug-likeness (QED) is 0.386. The SMILES string of the molecule is C=C(C)CCCCC.CCCCC. The van der Waals surface area contributed by atoms with E-state index < -0.39 is 0 Å². The first-order valence-corrected chi connectivity index (χ1v) is 5.83. The molecule has 0 saturated heterocycles. The van der Waals surface area contributed by atoms with Gasteiger partial charge in [-0.05, 0) is 19.8 Å². The van der Waals surface area contributed by atoms with Gasteiger partial charge in [0.15, 0.2) is 0 Å². The summed E-state index contributed by atoms with van der Waals surface area (Å²) >= 11 is 0. The molecule has 0 nitrogen and oxygen atoms in total. The van der Waals surface area contributed by atoms with Crippen molar-refractivity contribution in [2.45, 2.75) is 72.6 Å². The van der Waals surface area contributed by atoms with Gasteiger partial charge in [-0.1, -0.05) is 58.4 Å². The highest BCUT2D eigenvalue weighted by Gasteiger charge is 1.84. The maximum atomic E-state index is 3.83. The minimum Gasteiger partial charge on any atom is -0.100 e. The number of allylic oxidation sites excluding steroid dienone is 1. The first-order valence-electron chi connectivity index (χ1n) is 5.83. The van der Waals surface area contributed by atoms with Crippen LogP contribution in [0.3, 0.4) is 0 Å². The monoisotopic (exact) mass is 184 g/mol. The van der Waals surface area contributed by atoms with Crippen LogP contribution in [0.5, 0.6) is 0 Å². The lowest BCUT2D eigenvalue weighted by Gasteiger charge is -1.94. The molecule has 0 aromatic rings. The van der Waals surface area contributed by atoms with Crippen LogP contribution >= 0.6 is 0 Å². The summed E-state index contributed by atoms with van der Waals surface area (Å²) in [5.41, 5.74) is 1.32. The molecule has 0 rings (SSSR count). The molecule has 0 saturated carbocycles. The molecule has 0 aromatic carbocycles. The maximum Gasteiger partial charge on any atom is -0.0326 e. The lowest BCUT2D eigenvalue weighted by Crippen LogP contribution is -1.74. The molecular formula is C13H28. The normalized spacial score (nSPS) is 8.92. The summed E-state index contributed by atoms with van der Waals surface area (Å²) in [6.07, 6.45) is 9.28. The second-order valence-electron chi connectivity index (χ2n) is 3.77. The Hall–Kier alpha value is -0.260. The van der Waals surface area contributed by atoms with Crippen LogP contribution < -0.4 is 0 Å². The second kappa shape index (κ2) is 14.3. The third-order valence-electron chi connectivity index (χ3n) is 1.91. The molecule has 0 N–H and O–H groups in total. The Morgan fingerprint density at radius 1 is 0.846 bits per heavy atom. The van der Waals surface area contributed by atoms with Crippen molar-refractivity contribution in [2.75, 3.05) is 0 Å². The van der Waals surface area contributed by atoms with E-state index in [0.717, 1.165) is 0 Å². The zero-order valence-electron chi connectivity index (χ0n) is 10.2. The summed E-state index contributed by atoms with van der Waals surface area (Å²) in [4.78, 5) is 0. The molecule has 0 fully saturated rings. The fraction of sp³-hybridized carbons (Fsp3) is 0.846. The number of hydrogen-bond acceptors (Lipinski definition) is 0. The van der Waals surface area contributed by atoms with Gasteiger partial charge in [0, 0.05) is 0 Å². The summed E-state index contributed by atoms with van der Waals surface area (Å²) in [5, 5.41) is 0. The van der Waals surface area contributed by atoms with Gasteiger partial charge in [0.1, 0.15) is 0 Å². The molecule has 0 heterocycles. The van der Waals surface area contributed by atoms with Crippen molar-refractivity contribution in [1.29, 1.82) is 0 Å². The van der Waals surface area contributed by atoms with E-state index in [9.17, 15) is 0 Å². The van der Waals surface area contributed by atoms with E-state index in [1.807, 2.05) is 0 Å². The van der Waals surface area contributed by atoms with Crippen molar-refractivity contribution in [3.05, 3.63) is 12.2 Å². The Morgan fingerprint density at radius 3 is 1.54 bits per heavy atom. The van der Waals surface area contributed by atoms with E-state index in [2.05, 4.69) is 34.3 Å². The molecule has 0 bridgehead atoms. The van der Waals surface area contributed by atoms with E-state index in [1.54, 1.807) is 0 Å². The van der Waals surface area contributed by atoms with Gasteiger partial charge in [0.25, 0.3) is 0 Å². The standard InChI is InChI=1S/C8H16.C5H12/c1-4-5-6-7-8(2)3;1-3-5-4-2/h2,4-7H2,1,3H3;3-5H2,1-2H3. The van der Waals surface area contributed by atoms with E-state index in [4.69, 9.17) is 0 Å². The van der Waals surface area contributed by atoms with Gasteiger partial charge in [-0.25, -0.2) is 0 Å². The van der Waals surface area contributed by atoms with Gasteiger partial charge in [-0.3, -0.25) is 0 Å². The molecular weight excluding hydrogens is 156 g/mol. The van der Waals surface area contributed by atoms with Gasteiger partial charge < -0.3 is 0 Å². The summed E-state index contributed by atoms with van der Waals surface area (Å²) in [7, 11) is 0. The second-order valence-corrected chi connectivity index (χ2v) is 3.77. The average Bonchev–Trinajstić information content (AvgIpc) is 2.07. The predicted octanol–water partition coefficient (Wildman–Crippen LogP) is 5.34. The molecule has 0 aliphatic rings. The number of rotatable bonds is 6. The lowest BCUT2D eigenvalue weighted by atomic mass is 10.1. The zero-order chi connectivity index (χ0) is 10.5. The average molecular weight is 184 g/mol. The Balaban J connectivity index is 0. The number of unbranched alkanes of at least 4 members (excludes halogenated alkanes) is 4. The molecule has 0 aromatic heterocycles. The van der Waals surface area contributed by atoms with E-state index in [1.165, 1.54) is 50.5 Å². The van der Waals surface area contributed by atoms with Crippen LogP contribution in [0.1, 0.15) is 72.6 Å². The minimum absolute atomic E-state index is 1.22. The summed E-state index contributed by atoms with van der Waals surface area (Å²) in [5.74, 6) is 0. The molecule has 0 atom stereocenters. The van der Waals surface area contributed by atoms with Gasteiger partial charge in [0.2, 0.25) is 0 Å². The zero-order valence-corrected chi connectivity index (χ0v) is 10.2. The molecule has 0 radical (unpaired) electrons. The fourth-order valence-corrected chi connectivity index (χ4v) is 1.03. The van der Waals surface area contributed by atoms with Crippen molar-refractivity contribution >= 4 is 0 Å². The van der Waals surface area contributed by atoms with E-state index >= 15 is 0 Å². The van der Waals surface area contributed by atoms with Crippen LogP contribution in [-0.2, 0) is 0 Å². The fourth-order valence-electron chi connectivity index (χ4n) is 1.03. The van der Waals surface area contributed by atoms with Crippen molar-refractivity contribution in [2.24, 2.45) is 0 Å². The van der Waals surface area contributed by atoms with Crippen molar-refractivity contribution in [3.63, 3.8) is 0 Å². The third kappa shape index (κ3) is 24.5. The topological polar surface area (TPSA) is 0 Å². The summed E-state index contributed by atoms with van der Waals surface area (Å²) in [6, 6.07) is 0. The lowest BCUT2D eigenvalue weighted by molar-refractivity contribution is 0.714. The maximum absolute atomic E-state index is 3.83. The van der Waals surface area contributed by atoms with Gasteiger partial charge >= 0.3 is 0 Å². The highest BCUT2D eigenvalue weighted by molar-refractivity contribution is 4.86. The van der Waals surface area contributed by atoms with Crippen LogP contribution in [0.4, 0.5) is 0 Å².